The van der Waals surface area contributed by atoms with Crippen LogP contribution in [0.4, 0.5) is 0 Å². The van der Waals surface area contributed by atoms with E-state index in [0.717, 1.165) is 5.92 Å². The molecule has 13 heavy (non-hydrogen) atoms. The van der Waals surface area contributed by atoms with E-state index in [1.54, 1.807) is 0 Å². The molecule has 0 aromatic rings. The molecular weight excluding hydrogens is 156 g/mol. The zero-order valence-electron chi connectivity index (χ0n) is 9.22. The van der Waals surface area contributed by atoms with Crippen LogP contribution in [-0.4, -0.2) is 0 Å². The van der Waals surface area contributed by atoms with Crippen LogP contribution in [0.2, 0.25) is 0 Å². The molecule has 0 radical (unpaired) electrons. The average molecular weight is 178 g/mol. The molecule has 0 aromatic carbocycles. The normalized spacial score (nSPS) is 32.4. The third-order valence-corrected chi connectivity index (χ3v) is 3.43. The number of hydrogen-bond donors (Lipinski definition) is 0. The molecule has 0 spiro atoms. The van der Waals surface area contributed by atoms with Crippen molar-refractivity contribution in [2.24, 2.45) is 11.3 Å². The van der Waals surface area contributed by atoms with Crippen molar-refractivity contribution >= 4 is 0 Å². The van der Waals surface area contributed by atoms with Crippen LogP contribution in [0, 0.1) is 11.3 Å². The molecular formula is C13H22. The van der Waals surface area contributed by atoms with Crippen molar-refractivity contribution in [2.75, 3.05) is 0 Å². The highest BCUT2D eigenvalue weighted by molar-refractivity contribution is 5.19. The van der Waals surface area contributed by atoms with Gasteiger partial charge >= 0.3 is 0 Å². The Morgan fingerprint density at radius 2 is 1.92 bits per heavy atom. The Morgan fingerprint density at radius 1 is 1.15 bits per heavy atom. The average Bonchev–Trinajstić information content (AvgIpc) is 2.19. The second-order valence-electron chi connectivity index (χ2n) is 4.10. The lowest BCUT2D eigenvalue weighted by Crippen LogP contribution is -2.27. The largest absolute Gasteiger partial charge is 0.0806 e. The Labute approximate surface area is 82.7 Å². The summed E-state index contributed by atoms with van der Waals surface area (Å²) in [6.45, 7) is 6.91. The maximum absolute atomic E-state index is 2.44. The molecule has 2 unspecified atom stereocenters. The zero-order valence-corrected chi connectivity index (χ0v) is 9.22. The first kappa shape index (κ1) is 10.6. The molecule has 1 aliphatic rings. The topological polar surface area (TPSA) is 0 Å². The molecule has 0 amide bonds. The fourth-order valence-corrected chi connectivity index (χ4v) is 2.59. The monoisotopic (exact) mass is 178 g/mol. The molecule has 2 atom stereocenters. The van der Waals surface area contributed by atoms with Gasteiger partial charge in [-0.1, -0.05) is 51.5 Å². The van der Waals surface area contributed by atoms with Gasteiger partial charge in [-0.05, 0) is 30.6 Å². The molecule has 0 saturated heterocycles. The van der Waals surface area contributed by atoms with Crippen LogP contribution >= 0.6 is 0 Å². The van der Waals surface area contributed by atoms with Gasteiger partial charge in [0.05, 0.1) is 0 Å². The van der Waals surface area contributed by atoms with Crippen LogP contribution in [0.5, 0.6) is 0 Å². The smallest absolute Gasteiger partial charge is 0.00551 e. The highest BCUT2D eigenvalue weighted by atomic mass is 14.4. The molecule has 1 aliphatic carbocycles. The van der Waals surface area contributed by atoms with Crippen LogP contribution in [0.3, 0.4) is 0 Å². The third-order valence-electron chi connectivity index (χ3n) is 3.43. The lowest BCUT2D eigenvalue weighted by molar-refractivity contribution is 0.232. The van der Waals surface area contributed by atoms with E-state index in [1.165, 1.54) is 25.7 Å². The minimum absolute atomic E-state index is 0.470. The summed E-state index contributed by atoms with van der Waals surface area (Å²) >= 11 is 0. The van der Waals surface area contributed by atoms with Gasteiger partial charge in [0, 0.05) is 0 Å². The van der Waals surface area contributed by atoms with Gasteiger partial charge in [0.15, 0.2) is 0 Å². The fraction of sp³-hybridized carbons (Fsp3) is 0.692. The van der Waals surface area contributed by atoms with E-state index in [2.05, 4.69) is 45.1 Å². The Bertz CT molecular complexity index is 200. The van der Waals surface area contributed by atoms with Crippen LogP contribution in [0.1, 0.15) is 46.5 Å². The molecule has 0 fully saturated rings. The van der Waals surface area contributed by atoms with E-state index in [-0.39, 0.29) is 0 Å². The highest BCUT2D eigenvalue weighted by Gasteiger charge is 2.32. The zero-order chi connectivity index (χ0) is 9.73. The SMILES string of the molecule is CCCC1(CC)C=CC=CC1CC. The van der Waals surface area contributed by atoms with E-state index in [9.17, 15) is 0 Å². The maximum Gasteiger partial charge on any atom is -0.00551 e. The first-order chi connectivity index (χ1) is 6.29. The van der Waals surface area contributed by atoms with E-state index in [4.69, 9.17) is 0 Å². The Balaban J connectivity index is 2.81. The van der Waals surface area contributed by atoms with Crippen molar-refractivity contribution in [3.8, 4) is 0 Å². The van der Waals surface area contributed by atoms with Gasteiger partial charge in [-0.2, -0.15) is 0 Å². The van der Waals surface area contributed by atoms with E-state index < -0.39 is 0 Å². The van der Waals surface area contributed by atoms with E-state index >= 15 is 0 Å². The van der Waals surface area contributed by atoms with Gasteiger partial charge in [-0.15, -0.1) is 0 Å². The Hall–Kier alpha value is -0.520. The molecule has 0 aliphatic heterocycles. The Morgan fingerprint density at radius 3 is 2.46 bits per heavy atom. The van der Waals surface area contributed by atoms with Crippen molar-refractivity contribution in [3.05, 3.63) is 24.3 Å². The van der Waals surface area contributed by atoms with Gasteiger partial charge in [-0.3, -0.25) is 0 Å². The molecule has 0 nitrogen and oxygen atoms in total. The van der Waals surface area contributed by atoms with Gasteiger partial charge in [0.25, 0.3) is 0 Å². The van der Waals surface area contributed by atoms with Crippen LogP contribution in [0.15, 0.2) is 24.3 Å². The molecule has 74 valence electrons. The van der Waals surface area contributed by atoms with Crippen LogP contribution in [-0.2, 0) is 0 Å². The summed E-state index contributed by atoms with van der Waals surface area (Å²) in [6.07, 6.45) is 14.4. The molecule has 0 heteroatoms. The second-order valence-corrected chi connectivity index (χ2v) is 4.10. The molecule has 0 bridgehead atoms. The summed E-state index contributed by atoms with van der Waals surface area (Å²) in [5.74, 6) is 0.766. The molecule has 0 aromatic heterocycles. The van der Waals surface area contributed by atoms with Crippen LogP contribution in [0.25, 0.3) is 0 Å². The first-order valence-corrected chi connectivity index (χ1v) is 5.65. The molecule has 0 heterocycles. The lowest BCUT2D eigenvalue weighted by atomic mass is 9.67. The highest BCUT2D eigenvalue weighted by Crippen LogP contribution is 2.42. The van der Waals surface area contributed by atoms with Crippen molar-refractivity contribution in [3.63, 3.8) is 0 Å². The van der Waals surface area contributed by atoms with E-state index in [1.807, 2.05) is 0 Å². The van der Waals surface area contributed by atoms with Crippen LogP contribution < -0.4 is 0 Å². The minimum Gasteiger partial charge on any atom is -0.0806 e. The predicted octanol–water partition coefficient (Wildman–Crippen LogP) is 4.34. The van der Waals surface area contributed by atoms with Crippen molar-refractivity contribution in [1.82, 2.24) is 0 Å². The maximum atomic E-state index is 2.44. The second kappa shape index (κ2) is 4.64. The fourth-order valence-electron chi connectivity index (χ4n) is 2.59. The molecule has 0 N–H and O–H groups in total. The summed E-state index contributed by atoms with van der Waals surface area (Å²) in [5.41, 5.74) is 0.470. The van der Waals surface area contributed by atoms with Crippen molar-refractivity contribution < 1.29 is 0 Å². The summed E-state index contributed by atoms with van der Waals surface area (Å²) in [5, 5.41) is 0. The van der Waals surface area contributed by atoms with Crippen molar-refractivity contribution in [2.45, 2.75) is 46.5 Å². The number of hydrogen-bond acceptors (Lipinski definition) is 0. The molecule has 1 rings (SSSR count). The summed E-state index contributed by atoms with van der Waals surface area (Å²) < 4.78 is 0. The Kier molecular flexibility index (Phi) is 3.77. The van der Waals surface area contributed by atoms with Gasteiger partial charge < -0.3 is 0 Å². The number of allylic oxidation sites excluding steroid dienone is 4. The molecule has 0 saturated carbocycles. The predicted molar refractivity (Wildman–Crippen MR) is 59.7 cm³/mol. The summed E-state index contributed by atoms with van der Waals surface area (Å²) in [4.78, 5) is 0. The number of rotatable bonds is 4. The van der Waals surface area contributed by atoms with Gasteiger partial charge in [0.1, 0.15) is 0 Å². The minimum atomic E-state index is 0.470. The first-order valence-electron chi connectivity index (χ1n) is 5.65. The lowest BCUT2D eigenvalue weighted by Gasteiger charge is -2.37. The van der Waals surface area contributed by atoms with E-state index in [0.29, 0.717) is 5.41 Å². The standard InChI is InChI=1S/C13H22/c1-4-10-13(6-3)11-8-7-9-12(13)5-2/h7-9,11-12H,4-6,10H2,1-3H3. The summed E-state index contributed by atoms with van der Waals surface area (Å²) in [7, 11) is 0. The third kappa shape index (κ3) is 2.04. The van der Waals surface area contributed by atoms with Crippen molar-refractivity contribution in [1.29, 1.82) is 0 Å². The van der Waals surface area contributed by atoms with Gasteiger partial charge in [0.2, 0.25) is 0 Å². The van der Waals surface area contributed by atoms with Gasteiger partial charge in [-0.25, -0.2) is 0 Å². The quantitative estimate of drug-likeness (QED) is 0.601. The summed E-state index contributed by atoms with van der Waals surface area (Å²) in [6, 6.07) is 0.